The summed E-state index contributed by atoms with van der Waals surface area (Å²) in [6.45, 7) is 8.46. The van der Waals surface area contributed by atoms with E-state index in [4.69, 9.17) is 14.2 Å². The molecule has 4 rings (SSSR count). The topological polar surface area (TPSA) is 44.8 Å². The number of benzene rings is 2. The minimum Gasteiger partial charge on any atom is -0.489 e. The van der Waals surface area contributed by atoms with Crippen molar-refractivity contribution in [2.75, 3.05) is 7.11 Å². The number of hydrogen-bond donors (Lipinski definition) is 0. The van der Waals surface area contributed by atoms with Crippen LogP contribution in [0.25, 0.3) is 0 Å². The predicted octanol–water partition coefficient (Wildman–Crippen LogP) is 6.10. The zero-order chi connectivity index (χ0) is 22.8. The smallest absolute Gasteiger partial charge is 0.305 e. The molecule has 0 amide bonds. The van der Waals surface area contributed by atoms with Crippen molar-refractivity contribution in [2.45, 2.75) is 72.2 Å². The molecular formula is C28H36O4. The van der Waals surface area contributed by atoms with Crippen molar-refractivity contribution in [3.8, 4) is 5.75 Å². The van der Waals surface area contributed by atoms with Crippen molar-refractivity contribution in [2.24, 2.45) is 16.7 Å². The summed E-state index contributed by atoms with van der Waals surface area (Å²) in [6, 6.07) is 16.4. The molecule has 2 aliphatic rings. The fourth-order valence-electron chi connectivity index (χ4n) is 5.66. The van der Waals surface area contributed by atoms with Crippen molar-refractivity contribution in [1.82, 2.24) is 0 Å². The maximum absolute atomic E-state index is 11.3. The van der Waals surface area contributed by atoms with E-state index in [9.17, 15) is 4.79 Å². The quantitative estimate of drug-likeness (QED) is 0.445. The van der Waals surface area contributed by atoms with E-state index in [-0.39, 0.29) is 5.97 Å². The van der Waals surface area contributed by atoms with Crippen LogP contribution in [0.15, 0.2) is 48.5 Å². The summed E-state index contributed by atoms with van der Waals surface area (Å²) in [7, 11) is 1.42. The molecule has 2 aliphatic carbocycles. The van der Waals surface area contributed by atoms with Crippen LogP contribution in [-0.4, -0.2) is 19.2 Å². The van der Waals surface area contributed by atoms with Gasteiger partial charge in [0.05, 0.1) is 19.8 Å². The molecule has 3 atom stereocenters. The number of carbonyl (C=O) groups is 1. The van der Waals surface area contributed by atoms with Crippen LogP contribution in [0, 0.1) is 16.7 Å². The van der Waals surface area contributed by atoms with E-state index >= 15 is 0 Å². The Morgan fingerprint density at radius 3 is 2.34 bits per heavy atom. The molecule has 0 N–H and O–H groups in total. The minimum atomic E-state index is -0.188. The molecule has 32 heavy (non-hydrogen) atoms. The summed E-state index contributed by atoms with van der Waals surface area (Å²) < 4.78 is 17.1. The Balaban J connectivity index is 1.28. The normalized spacial score (nSPS) is 25.6. The highest BCUT2D eigenvalue weighted by molar-refractivity contribution is 5.69. The fourth-order valence-corrected chi connectivity index (χ4v) is 5.66. The van der Waals surface area contributed by atoms with Crippen molar-refractivity contribution in [3.63, 3.8) is 0 Å². The van der Waals surface area contributed by atoms with Crippen molar-refractivity contribution < 1.29 is 19.0 Å². The zero-order valence-corrected chi connectivity index (χ0v) is 19.9. The number of carbonyl (C=O) groups excluding carboxylic acids is 1. The maximum Gasteiger partial charge on any atom is 0.305 e. The lowest BCUT2D eigenvalue weighted by Gasteiger charge is -2.39. The van der Waals surface area contributed by atoms with Gasteiger partial charge in [0.1, 0.15) is 12.4 Å². The lowest BCUT2D eigenvalue weighted by Crippen LogP contribution is -2.37. The minimum absolute atomic E-state index is 0.188. The summed E-state index contributed by atoms with van der Waals surface area (Å²) in [5.41, 5.74) is 4.11. The monoisotopic (exact) mass is 436 g/mol. The first-order valence-corrected chi connectivity index (χ1v) is 11.8. The average Bonchev–Trinajstić information content (AvgIpc) is 3.14. The van der Waals surface area contributed by atoms with Crippen LogP contribution < -0.4 is 4.74 Å². The molecule has 0 aliphatic heterocycles. The number of aryl methyl sites for hydroxylation is 1. The Morgan fingerprint density at radius 1 is 1.00 bits per heavy atom. The number of rotatable bonds is 9. The average molecular weight is 437 g/mol. The molecule has 2 fully saturated rings. The number of methoxy groups -OCH3 is 1. The van der Waals surface area contributed by atoms with Crippen molar-refractivity contribution in [3.05, 3.63) is 65.2 Å². The highest BCUT2D eigenvalue weighted by Crippen LogP contribution is 2.66. The number of esters is 1. The van der Waals surface area contributed by atoms with Gasteiger partial charge in [-0.25, -0.2) is 0 Å². The van der Waals surface area contributed by atoms with Crippen LogP contribution in [0.5, 0.6) is 5.75 Å². The third-order valence-electron chi connectivity index (χ3n) is 8.33. The molecular weight excluding hydrogens is 400 g/mol. The lowest BCUT2D eigenvalue weighted by molar-refractivity contribution is -0.140. The van der Waals surface area contributed by atoms with Gasteiger partial charge in [0, 0.05) is 6.42 Å². The van der Waals surface area contributed by atoms with Gasteiger partial charge in [0.25, 0.3) is 0 Å². The van der Waals surface area contributed by atoms with Crippen molar-refractivity contribution in [1.29, 1.82) is 0 Å². The first-order chi connectivity index (χ1) is 15.3. The highest BCUT2D eigenvalue weighted by Gasteiger charge is 2.61. The molecule has 0 saturated heterocycles. The van der Waals surface area contributed by atoms with Crippen LogP contribution >= 0.6 is 0 Å². The third-order valence-corrected chi connectivity index (χ3v) is 8.33. The van der Waals surface area contributed by atoms with Crippen molar-refractivity contribution >= 4 is 5.97 Å². The van der Waals surface area contributed by atoms with Gasteiger partial charge in [-0.05, 0) is 71.3 Å². The van der Waals surface area contributed by atoms with Gasteiger partial charge in [0.2, 0.25) is 0 Å². The summed E-state index contributed by atoms with van der Waals surface area (Å²) in [5, 5.41) is 0. The molecule has 2 saturated carbocycles. The number of ether oxygens (including phenoxy) is 3. The molecule has 0 unspecified atom stereocenters. The Hall–Kier alpha value is -2.33. The molecule has 0 spiro atoms. The number of hydrogen-bond acceptors (Lipinski definition) is 4. The largest absolute Gasteiger partial charge is 0.489 e. The molecule has 2 bridgehead atoms. The van der Waals surface area contributed by atoms with Gasteiger partial charge in [-0.15, -0.1) is 0 Å². The van der Waals surface area contributed by atoms with E-state index in [1.165, 1.54) is 31.9 Å². The van der Waals surface area contributed by atoms with E-state index in [0.29, 0.717) is 43.0 Å². The second kappa shape index (κ2) is 9.27. The lowest BCUT2D eigenvalue weighted by atomic mass is 9.70. The van der Waals surface area contributed by atoms with Crippen LogP contribution in [0.4, 0.5) is 0 Å². The summed E-state index contributed by atoms with van der Waals surface area (Å²) in [6.07, 6.45) is 5.25. The molecule has 172 valence electrons. The first-order valence-electron chi connectivity index (χ1n) is 11.8. The van der Waals surface area contributed by atoms with Gasteiger partial charge in [0.15, 0.2) is 0 Å². The van der Waals surface area contributed by atoms with Crippen LogP contribution in [-0.2, 0) is 33.9 Å². The van der Waals surface area contributed by atoms with Crippen LogP contribution in [0.1, 0.15) is 63.1 Å². The second-order valence-electron chi connectivity index (χ2n) is 10.2. The van der Waals surface area contributed by atoms with Crippen LogP contribution in [0.3, 0.4) is 0 Å². The molecule has 2 aromatic carbocycles. The molecule has 0 heterocycles. The number of fused-ring (bicyclic) bond motifs is 2. The molecule has 0 radical (unpaired) electrons. The molecule has 0 aromatic heterocycles. The zero-order valence-electron chi connectivity index (χ0n) is 19.9. The Kier molecular flexibility index (Phi) is 6.62. The highest BCUT2D eigenvalue weighted by atomic mass is 16.5. The Morgan fingerprint density at radius 2 is 1.72 bits per heavy atom. The summed E-state index contributed by atoms with van der Waals surface area (Å²) in [4.78, 5) is 11.3. The fraction of sp³-hybridized carbons (Fsp3) is 0.536. The SMILES string of the molecule is COC(=O)CCc1ccc(OCc2cccc(CO[C@@H]3C[C@@H]4CC[C@@]3(C)C4(C)C)c2)cc1. The van der Waals surface area contributed by atoms with E-state index < -0.39 is 0 Å². The summed E-state index contributed by atoms with van der Waals surface area (Å²) >= 11 is 0. The molecule has 4 heteroatoms. The standard InChI is InChI=1S/C28H36O4/c1-27(2)23-14-15-28(27,3)25(17-23)32-19-22-7-5-6-21(16-22)18-31-24-11-8-20(9-12-24)10-13-26(29)30-4/h5-9,11-12,16,23,25H,10,13-15,17-19H2,1-4H3/t23-,25+,28+/m0/s1. The Bertz CT molecular complexity index is 933. The van der Waals surface area contributed by atoms with Gasteiger partial charge in [-0.3, -0.25) is 4.79 Å². The van der Waals surface area contributed by atoms with E-state index in [1.807, 2.05) is 24.3 Å². The maximum atomic E-state index is 11.3. The van der Waals surface area contributed by atoms with Gasteiger partial charge < -0.3 is 14.2 Å². The van der Waals surface area contributed by atoms with E-state index in [0.717, 1.165) is 22.8 Å². The first kappa shape index (κ1) is 22.8. The summed E-state index contributed by atoms with van der Waals surface area (Å²) in [5.74, 6) is 1.43. The molecule has 2 aromatic rings. The third kappa shape index (κ3) is 4.56. The second-order valence-corrected chi connectivity index (χ2v) is 10.2. The van der Waals surface area contributed by atoms with E-state index in [1.54, 1.807) is 0 Å². The van der Waals surface area contributed by atoms with Crippen LogP contribution in [0.2, 0.25) is 0 Å². The molecule has 4 nitrogen and oxygen atoms in total. The van der Waals surface area contributed by atoms with Gasteiger partial charge in [-0.2, -0.15) is 0 Å². The Labute approximate surface area is 192 Å². The predicted molar refractivity (Wildman–Crippen MR) is 125 cm³/mol. The van der Waals surface area contributed by atoms with E-state index in [2.05, 4.69) is 45.0 Å². The van der Waals surface area contributed by atoms with Gasteiger partial charge in [-0.1, -0.05) is 57.2 Å². The van der Waals surface area contributed by atoms with Gasteiger partial charge >= 0.3 is 5.97 Å².